The summed E-state index contributed by atoms with van der Waals surface area (Å²) in [6.07, 6.45) is 0.0693. The first-order valence-corrected chi connectivity index (χ1v) is 13.6. The fourth-order valence-electron chi connectivity index (χ4n) is 4.26. The van der Waals surface area contributed by atoms with E-state index in [1.54, 1.807) is 66.7 Å². The summed E-state index contributed by atoms with van der Waals surface area (Å²) in [6.45, 7) is 1.85. The maximum absolute atomic E-state index is 13.3. The zero-order valence-corrected chi connectivity index (χ0v) is 22.0. The van der Waals surface area contributed by atoms with Crippen LogP contribution < -0.4 is 19.8 Å². The molecule has 39 heavy (non-hydrogen) atoms. The number of aryl methyl sites for hydroxylation is 1. The van der Waals surface area contributed by atoms with E-state index in [0.29, 0.717) is 21.9 Å². The van der Waals surface area contributed by atoms with Crippen molar-refractivity contribution in [2.45, 2.75) is 24.3 Å². The van der Waals surface area contributed by atoms with Gasteiger partial charge in [0.1, 0.15) is 23.1 Å². The van der Waals surface area contributed by atoms with E-state index in [9.17, 15) is 18.0 Å². The average molecular weight is 544 g/mol. The summed E-state index contributed by atoms with van der Waals surface area (Å²) in [4.78, 5) is 26.0. The molecule has 5 aromatic rings. The van der Waals surface area contributed by atoms with E-state index in [4.69, 9.17) is 13.9 Å². The number of fused-ring (bicyclic) bond motifs is 3. The highest BCUT2D eigenvalue weighted by atomic mass is 32.2. The number of hydrogen-bond donors (Lipinski definition) is 1. The van der Waals surface area contributed by atoms with Gasteiger partial charge < -0.3 is 13.9 Å². The number of benzene rings is 4. The molecule has 0 unspecified atom stereocenters. The molecule has 1 atom stereocenters. The van der Waals surface area contributed by atoms with Crippen molar-refractivity contribution in [3.05, 3.63) is 113 Å². The highest BCUT2D eigenvalue weighted by molar-refractivity contribution is 7.89. The summed E-state index contributed by atoms with van der Waals surface area (Å²) in [5.74, 6) is -0.171. The molecule has 0 spiro atoms. The monoisotopic (exact) mass is 543 g/mol. The van der Waals surface area contributed by atoms with Crippen LogP contribution in [0.4, 0.5) is 0 Å². The third-order valence-corrected chi connectivity index (χ3v) is 7.79. The topological polar surface area (TPSA) is 112 Å². The van der Waals surface area contributed by atoms with Crippen LogP contribution in [0.1, 0.15) is 11.1 Å². The molecule has 0 aliphatic heterocycles. The quantitative estimate of drug-likeness (QED) is 0.130. The van der Waals surface area contributed by atoms with E-state index < -0.39 is 27.7 Å². The lowest BCUT2D eigenvalue weighted by atomic mass is 10.1. The lowest BCUT2D eigenvalue weighted by Gasteiger charge is -2.18. The van der Waals surface area contributed by atoms with Crippen molar-refractivity contribution in [3.63, 3.8) is 0 Å². The first-order valence-electron chi connectivity index (χ1n) is 12.1. The van der Waals surface area contributed by atoms with Gasteiger partial charge >= 0.3 is 11.6 Å². The van der Waals surface area contributed by atoms with Gasteiger partial charge in [0.05, 0.1) is 17.4 Å². The van der Waals surface area contributed by atoms with Gasteiger partial charge in [-0.1, -0.05) is 48.0 Å². The smallest absolute Gasteiger partial charge is 0.344 e. The van der Waals surface area contributed by atoms with Crippen molar-refractivity contribution in [2.75, 3.05) is 7.11 Å². The first-order chi connectivity index (χ1) is 18.7. The van der Waals surface area contributed by atoms with Crippen molar-refractivity contribution in [1.29, 1.82) is 0 Å². The SMILES string of the molecule is COc1ccc2c(c1)c(=O)oc1cc(OC(=O)[C@@H](Cc3ccccc3)NS(=O)(=O)c3ccc(C)cc3)ccc12. The Bertz CT molecular complexity index is 1830. The largest absolute Gasteiger partial charge is 0.497 e. The molecule has 0 fully saturated rings. The van der Waals surface area contributed by atoms with E-state index in [0.717, 1.165) is 11.1 Å². The molecule has 0 saturated heterocycles. The Balaban J connectivity index is 1.46. The summed E-state index contributed by atoms with van der Waals surface area (Å²) in [5, 5.41) is 1.67. The van der Waals surface area contributed by atoms with Crippen LogP contribution in [0, 0.1) is 6.92 Å². The molecular weight excluding hydrogens is 518 g/mol. The molecule has 8 nitrogen and oxygen atoms in total. The number of nitrogens with one attached hydrogen (secondary N) is 1. The second-order valence-electron chi connectivity index (χ2n) is 9.06. The molecule has 9 heteroatoms. The van der Waals surface area contributed by atoms with E-state index >= 15 is 0 Å². The predicted molar refractivity (Wildman–Crippen MR) is 148 cm³/mol. The highest BCUT2D eigenvalue weighted by Gasteiger charge is 2.28. The summed E-state index contributed by atoms with van der Waals surface area (Å²) >= 11 is 0. The zero-order valence-electron chi connectivity index (χ0n) is 21.2. The molecule has 198 valence electrons. The van der Waals surface area contributed by atoms with Crippen molar-refractivity contribution < 1.29 is 27.1 Å². The number of carbonyl (C=O) groups excluding carboxylic acids is 1. The number of sulfonamides is 1. The predicted octanol–water partition coefficient (Wildman–Crippen LogP) is 4.76. The number of ether oxygens (including phenoxy) is 2. The van der Waals surface area contributed by atoms with E-state index in [-0.39, 0.29) is 22.6 Å². The van der Waals surface area contributed by atoms with Crippen LogP contribution in [-0.2, 0) is 21.2 Å². The normalized spacial score (nSPS) is 12.4. The molecule has 0 saturated carbocycles. The third-order valence-electron chi connectivity index (χ3n) is 6.31. The van der Waals surface area contributed by atoms with Gasteiger partial charge in [0.15, 0.2) is 0 Å². The Kier molecular flexibility index (Phi) is 7.19. The lowest BCUT2D eigenvalue weighted by Crippen LogP contribution is -2.44. The van der Waals surface area contributed by atoms with Crippen LogP contribution in [0.5, 0.6) is 11.5 Å². The number of carbonyl (C=O) groups is 1. The molecule has 5 rings (SSSR count). The van der Waals surface area contributed by atoms with Gasteiger partial charge in [-0.15, -0.1) is 0 Å². The minimum Gasteiger partial charge on any atom is -0.497 e. The Morgan fingerprint density at radius 2 is 1.56 bits per heavy atom. The van der Waals surface area contributed by atoms with Crippen molar-refractivity contribution in [1.82, 2.24) is 4.72 Å². The zero-order chi connectivity index (χ0) is 27.6. The molecule has 1 N–H and O–H groups in total. The molecule has 0 aliphatic rings. The lowest BCUT2D eigenvalue weighted by molar-refractivity contribution is -0.136. The van der Waals surface area contributed by atoms with Crippen LogP contribution in [-0.4, -0.2) is 27.5 Å². The van der Waals surface area contributed by atoms with Crippen LogP contribution >= 0.6 is 0 Å². The first kappa shape index (κ1) is 26.1. The standard InChI is InChI=1S/C30H25NO7S/c1-19-8-12-23(13-9-19)39(34,35)31-27(16-20-6-4-3-5-7-20)30(33)37-22-11-15-25-24-14-10-21(36-2)17-26(24)29(32)38-28(25)18-22/h3-15,17-18,27,31H,16H2,1-2H3/t27-/m1/s1. The van der Waals surface area contributed by atoms with Gasteiger partial charge in [0, 0.05) is 16.8 Å². The van der Waals surface area contributed by atoms with E-state index in [2.05, 4.69) is 4.72 Å². The maximum Gasteiger partial charge on any atom is 0.344 e. The molecule has 1 heterocycles. The van der Waals surface area contributed by atoms with Gasteiger partial charge in [0.25, 0.3) is 0 Å². The summed E-state index contributed by atoms with van der Waals surface area (Å²) in [7, 11) is -2.51. The van der Waals surface area contributed by atoms with Gasteiger partial charge in [-0.25, -0.2) is 18.0 Å². The Labute approximate surface area is 224 Å². The minimum atomic E-state index is -4.02. The van der Waals surface area contributed by atoms with Gasteiger partial charge in [-0.05, 0) is 61.4 Å². The summed E-state index contributed by atoms with van der Waals surface area (Å²) in [6, 6.07) is 23.9. The molecule has 4 aromatic carbocycles. The van der Waals surface area contributed by atoms with E-state index in [1.807, 2.05) is 13.0 Å². The minimum absolute atomic E-state index is 0.0370. The molecule has 0 bridgehead atoms. The fraction of sp³-hybridized carbons (Fsp3) is 0.133. The van der Waals surface area contributed by atoms with Gasteiger partial charge in [0.2, 0.25) is 10.0 Å². The van der Waals surface area contributed by atoms with E-state index in [1.165, 1.54) is 25.3 Å². The van der Waals surface area contributed by atoms with Crippen molar-refractivity contribution in [3.8, 4) is 11.5 Å². The van der Waals surface area contributed by atoms with Crippen LogP contribution in [0.3, 0.4) is 0 Å². The van der Waals surface area contributed by atoms with Crippen molar-refractivity contribution >= 4 is 37.7 Å². The molecular formula is C30H25NO7S. The fourth-order valence-corrected chi connectivity index (χ4v) is 5.45. The average Bonchev–Trinajstić information content (AvgIpc) is 2.93. The second kappa shape index (κ2) is 10.7. The molecule has 1 aromatic heterocycles. The molecule has 0 amide bonds. The van der Waals surface area contributed by atoms with Crippen LogP contribution in [0.15, 0.2) is 105 Å². The summed E-state index contributed by atoms with van der Waals surface area (Å²) < 4.78 is 45.0. The Morgan fingerprint density at radius 1 is 0.872 bits per heavy atom. The van der Waals surface area contributed by atoms with Gasteiger partial charge in [-0.2, -0.15) is 4.72 Å². The Morgan fingerprint density at radius 3 is 2.28 bits per heavy atom. The van der Waals surface area contributed by atoms with Crippen molar-refractivity contribution in [2.24, 2.45) is 0 Å². The highest BCUT2D eigenvalue weighted by Crippen LogP contribution is 2.29. The molecule has 0 aliphatic carbocycles. The number of methoxy groups -OCH3 is 1. The maximum atomic E-state index is 13.3. The number of rotatable bonds is 8. The van der Waals surface area contributed by atoms with Crippen LogP contribution in [0.25, 0.3) is 21.7 Å². The molecule has 0 radical (unpaired) electrons. The Hall–Kier alpha value is -4.47. The number of hydrogen-bond acceptors (Lipinski definition) is 7. The third kappa shape index (κ3) is 5.69. The van der Waals surface area contributed by atoms with Gasteiger partial charge in [-0.3, -0.25) is 0 Å². The second-order valence-corrected chi connectivity index (χ2v) is 10.8. The summed E-state index contributed by atoms with van der Waals surface area (Å²) in [5.41, 5.74) is 1.32. The number of esters is 1. The van der Waals surface area contributed by atoms with Crippen LogP contribution in [0.2, 0.25) is 0 Å².